The topological polar surface area (TPSA) is 60.2 Å². The third kappa shape index (κ3) is 3.42. The highest BCUT2D eigenvalue weighted by atomic mass is 16.5. The van der Waals surface area contributed by atoms with Crippen LogP contribution in [0.1, 0.15) is 35.4 Å². The standard InChI is InChI=1S/C17H22N4O2/c1-20-15(12-23-2)18-16(19-20)13-7-6-8-14(11-13)17(22)21-9-4-3-5-10-21/h6-8,11H,3-5,9-10,12H2,1-2H3. The van der Waals surface area contributed by atoms with Gasteiger partial charge in [-0.3, -0.25) is 9.48 Å². The molecule has 1 aromatic heterocycles. The van der Waals surface area contributed by atoms with E-state index in [2.05, 4.69) is 10.1 Å². The van der Waals surface area contributed by atoms with Gasteiger partial charge in [0.05, 0.1) is 0 Å². The van der Waals surface area contributed by atoms with E-state index in [9.17, 15) is 4.79 Å². The molecular formula is C17H22N4O2. The van der Waals surface area contributed by atoms with Gasteiger partial charge in [-0.15, -0.1) is 0 Å². The maximum absolute atomic E-state index is 12.6. The van der Waals surface area contributed by atoms with Crippen LogP contribution in [0.15, 0.2) is 24.3 Å². The zero-order chi connectivity index (χ0) is 16.2. The van der Waals surface area contributed by atoms with E-state index in [4.69, 9.17) is 4.74 Å². The highest BCUT2D eigenvalue weighted by Crippen LogP contribution is 2.20. The first-order valence-corrected chi connectivity index (χ1v) is 7.97. The van der Waals surface area contributed by atoms with Crippen LogP contribution in [-0.2, 0) is 18.4 Å². The van der Waals surface area contributed by atoms with E-state index in [0.29, 0.717) is 18.0 Å². The molecule has 0 spiro atoms. The molecule has 0 aliphatic carbocycles. The zero-order valence-electron chi connectivity index (χ0n) is 13.7. The molecule has 1 aromatic carbocycles. The largest absolute Gasteiger partial charge is 0.377 e. The first-order valence-electron chi connectivity index (χ1n) is 7.97. The zero-order valence-corrected chi connectivity index (χ0v) is 13.7. The van der Waals surface area contributed by atoms with Crippen molar-refractivity contribution in [3.05, 3.63) is 35.7 Å². The third-order valence-corrected chi connectivity index (χ3v) is 4.14. The molecule has 6 nitrogen and oxygen atoms in total. The molecule has 0 saturated carbocycles. The maximum atomic E-state index is 12.6. The highest BCUT2D eigenvalue weighted by Gasteiger charge is 2.19. The van der Waals surface area contributed by atoms with Crippen molar-refractivity contribution in [3.8, 4) is 11.4 Å². The highest BCUT2D eigenvalue weighted by molar-refractivity contribution is 5.95. The molecule has 3 rings (SSSR count). The van der Waals surface area contributed by atoms with E-state index in [1.807, 2.05) is 36.2 Å². The van der Waals surface area contributed by atoms with Crippen LogP contribution in [0, 0.1) is 0 Å². The number of rotatable bonds is 4. The van der Waals surface area contributed by atoms with Gasteiger partial charge >= 0.3 is 0 Å². The second kappa shape index (κ2) is 6.91. The van der Waals surface area contributed by atoms with Crippen LogP contribution >= 0.6 is 0 Å². The van der Waals surface area contributed by atoms with E-state index < -0.39 is 0 Å². The summed E-state index contributed by atoms with van der Waals surface area (Å²) in [5.41, 5.74) is 1.55. The smallest absolute Gasteiger partial charge is 0.253 e. The van der Waals surface area contributed by atoms with E-state index in [1.54, 1.807) is 11.8 Å². The second-order valence-electron chi connectivity index (χ2n) is 5.84. The molecule has 0 atom stereocenters. The minimum atomic E-state index is 0.0968. The van der Waals surface area contributed by atoms with E-state index >= 15 is 0 Å². The van der Waals surface area contributed by atoms with Crippen LogP contribution in [0.3, 0.4) is 0 Å². The lowest BCUT2D eigenvalue weighted by Crippen LogP contribution is -2.35. The van der Waals surface area contributed by atoms with Gasteiger partial charge in [0.15, 0.2) is 11.6 Å². The minimum Gasteiger partial charge on any atom is -0.377 e. The van der Waals surface area contributed by atoms with Gasteiger partial charge in [-0.25, -0.2) is 4.98 Å². The van der Waals surface area contributed by atoms with E-state index in [1.165, 1.54) is 6.42 Å². The van der Waals surface area contributed by atoms with Crippen molar-refractivity contribution in [1.29, 1.82) is 0 Å². The summed E-state index contributed by atoms with van der Waals surface area (Å²) in [6.07, 6.45) is 3.39. The fraction of sp³-hybridized carbons (Fsp3) is 0.471. The molecule has 0 radical (unpaired) electrons. The van der Waals surface area contributed by atoms with Crippen LogP contribution in [-0.4, -0.2) is 45.8 Å². The molecule has 1 aliphatic heterocycles. The van der Waals surface area contributed by atoms with Crippen molar-refractivity contribution in [2.45, 2.75) is 25.9 Å². The number of ether oxygens (including phenoxy) is 1. The third-order valence-electron chi connectivity index (χ3n) is 4.14. The number of hydrogen-bond donors (Lipinski definition) is 0. The lowest BCUT2D eigenvalue weighted by atomic mass is 10.1. The van der Waals surface area contributed by atoms with Crippen molar-refractivity contribution in [2.75, 3.05) is 20.2 Å². The van der Waals surface area contributed by atoms with Gasteiger partial charge in [-0.1, -0.05) is 12.1 Å². The summed E-state index contributed by atoms with van der Waals surface area (Å²) in [5.74, 6) is 1.47. The van der Waals surface area contributed by atoms with Crippen LogP contribution in [0.5, 0.6) is 0 Å². The molecule has 2 aromatic rings. The monoisotopic (exact) mass is 314 g/mol. The predicted molar refractivity (Wildman–Crippen MR) is 86.9 cm³/mol. The Labute approximate surface area is 136 Å². The molecule has 0 unspecified atom stereocenters. The number of hydrogen-bond acceptors (Lipinski definition) is 4. The van der Waals surface area contributed by atoms with E-state index in [-0.39, 0.29) is 5.91 Å². The lowest BCUT2D eigenvalue weighted by Gasteiger charge is -2.26. The Hall–Kier alpha value is -2.21. The number of amides is 1. The van der Waals surface area contributed by atoms with Crippen molar-refractivity contribution in [2.24, 2.45) is 7.05 Å². The predicted octanol–water partition coefficient (Wildman–Crippen LogP) is 2.25. The van der Waals surface area contributed by atoms with E-state index in [0.717, 1.165) is 37.3 Å². The molecule has 1 saturated heterocycles. The van der Waals surface area contributed by atoms with Crippen LogP contribution < -0.4 is 0 Å². The summed E-state index contributed by atoms with van der Waals surface area (Å²) in [6.45, 7) is 2.11. The fourth-order valence-corrected chi connectivity index (χ4v) is 2.86. The van der Waals surface area contributed by atoms with Gasteiger partial charge in [0.1, 0.15) is 6.61 Å². The first-order chi connectivity index (χ1) is 11.2. The number of aromatic nitrogens is 3. The van der Waals surface area contributed by atoms with Gasteiger partial charge < -0.3 is 9.64 Å². The first kappa shape index (κ1) is 15.7. The van der Waals surface area contributed by atoms with Crippen LogP contribution in [0.2, 0.25) is 0 Å². The minimum absolute atomic E-state index is 0.0968. The second-order valence-corrected chi connectivity index (χ2v) is 5.84. The summed E-state index contributed by atoms with van der Waals surface area (Å²) >= 11 is 0. The van der Waals surface area contributed by atoms with Gasteiger partial charge in [0.2, 0.25) is 0 Å². The quantitative estimate of drug-likeness (QED) is 0.868. The Morgan fingerprint density at radius 1 is 1.26 bits per heavy atom. The number of methoxy groups -OCH3 is 1. The molecule has 0 N–H and O–H groups in total. The molecular weight excluding hydrogens is 292 g/mol. The van der Waals surface area contributed by atoms with Crippen molar-refractivity contribution in [3.63, 3.8) is 0 Å². The Morgan fingerprint density at radius 3 is 2.78 bits per heavy atom. The number of likely N-dealkylation sites (tertiary alicyclic amines) is 1. The summed E-state index contributed by atoms with van der Waals surface area (Å²) in [4.78, 5) is 19.0. The van der Waals surface area contributed by atoms with Gasteiger partial charge in [0, 0.05) is 38.4 Å². The van der Waals surface area contributed by atoms with Crippen LogP contribution in [0.25, 0.3) is 11.4 Å². The summed E-state index contributed by atoms with van der Waals surface area (Å²) < 4.78 is 6.82. The van der Waals surface area contributed by atoms with Gasteiger partial charge in [-0.05, 0) is 31.4 Å². The van der Waals surface area contributed by atoms with Gasteiger partial charge in [0.25, 0.3) is 5.91 Å². The fourth-order valence-electron chi connectivity index (χ4n) is 2.86. The normalized spacial score (nSPS) is 15.0. The number of benzene rings is 1. The Bertz CT molecular complexity index is 690. The number of piperidine rings is 1. The Balaban J connectivity index is 1.84. The SMILES string of the molecule is COCc1nc(-c2cccc(C(=O)N3CCCCC3)c2)nn1C. The molecule has 6 heteroatoms. The van der Waals surface area contributed by atoms with Crippen molar-refractivity contribution in [1.82, 2.24) is 19.7 Å². The average molecular weight is 314 g/mol. The lowest BCUT2D eigenvalue weighted by molar-refractivity contribution is 0.0724. The number of nitrogens with zero attached hydrogens (tertiary/aromatic N) is 4. The molecule has 1 amide bonds. The van der Waals surface area contributed by atoms with Crippen molar-refractivity contribution >= 4 is 5.91 Å². The summed E-state index contributed by atoms with van der Waals surface area (Å²) in [6, 6.07) is 7.56. The Kier molecular flexibility index (Phi) is 4.71. The number of carbonyl (C=O) groups excluding carboxylic acids is 1. The average Bonchev–Trinajstić information content (AvgIpc) is 2.96. The van der Waals surface area contributed by atoms with Gasteiger partial charge in [-0.2, -0.15) is 5.10 Å². The Morgan fingerprint density at radius 2 is 2.04 bits per heavy atom. The number of aryl methyl sites for hydroxylation is 1. The molecule has 122 valence electrons. The van der Waals surface area contributed by atoms with Crippen LogP contribution in [0.4, 0.5) is 0 Å². The molecule has 23 heavy (non-hydrogen) atoms. The molecule has 1 fully saturated rings. The molecule has 1 aliphatic rings. The number of carbonyl (C=O) groups is 1. The maximum Gasteiger partial charge on any atom is 0.253 e. The summed E-state index contributed by atoms with van der Waals surface area (Å²) in [7, 11) is 3.47. The summed E-state index contributed by atoms with van der Waals surface area (Å²) in [5, 5.41) is 4.41. The molecule has 0 bridgehead atoms. The molecule has 2 heterocycles. The van der Waals surface area contributed by atoms with Crippen molar-refractivity contribution < 1.29 is 9.53 Å².